The van der Waals surface area contributed by atoms with Crippen LogP contribution < -0.4 is 14.8 Å². The molecule has 23 heavy (non-hydrogen) atoms. The molecule has 1 amide bonds. The highest BCUT2D eigenvalue weighted by Gasteiger charge is 2.25. The van der Waals surface area contributed by atoms with Gasteiger partial charge in [0.15, 0.2) is 0 Å². The number of benzene rings is 1. The Morgan fingerprint density at radius 3 is 2.78 bits per heavy atom. The van der Waals surface area contributed by atoms with Crippen LogP contribution in [0.5, 0.6) is 11.5 Å². The van der Waals surface area contributed by atoms with Crippen LogP contribution in [-0.4, -0.2) is 44.2 Å². The van der Waals surface area contributed by atoms with Gasteiger partial charge in [0.05, 0.1) is 25.9 Å². The quantitative estimate of drug-likeness (QED) is 0.819. The summed E-state index contributed by atoms with van der Waals surface area (Å²) in [6.45, 7) is 4.83. The van der Waals surface area contributed by atoms with E-state index < -0.39 is 0 Å². The second-order valence-corrected chi connectivity index (χ2v) is 5.54. The molecular weight excluding hydrogens is 292 g/mol. The van der Waals surface area contributed by atoms with Crippen LogP contribution in [0.3, 0.4) is 0 Å². The highest BCUT2D eigenvalue weighted by atomic mass is 16.5. The molecule has 1 heterocycles. The summed E-state index contributed by atoms with van der Waals surface area (Å²) in [4.78, 5) is 14.7. The normalized spacial score (nSPS) is 15.7. The lowest BCUT2D eigenvalue weighted by atomic mass is 9.96. The smallest absolute Gasteiger partial charge is 0.227 e. The molecule has 1 aromatic carbocycles. The Balaban J connectivity index is 2.01. The predicted molar refractivity (Wildman–Crippen MR) is 90.8 cm³/mol. The Bertz CT molecular complexity index is 572. The Morgan fingerprint density at radius 1 is 1.43 bits per heavy atom. The van der Waals surface area contributed by atoms with Crippen LogP contribution in [-0.2, 0) is 4.79 Å². The van der Waals surface area contributed by atoms with Gasteiger partial charge in [-0.05, 0) is 45.0 Å². The summed E-state index contributed by atoms with van der Waals surface area (Å²) in [7, 11) is 1.60. The third-order valence-corrected chi connectivity index (χ3v) is 4.02. The molecule has 124 valence electrons. The summed E-state index contributed by atoms with van der Waals surface area (Å²) in [6, 6.07) is 5.42. The molecule has 2 rings (SSSR count). The minimum Gasteiger partial charge on any atom is -0.497 e. The Hall–Kier alpha value is -2.19. The highest BCUT2D eigenvalue weighted by Crippen LogP contribution is 2.30. The van der Waals surface area contributed by atoms with Crippen LogP contribution in [0.4, 0.5) is 5.69 Å². The van der Waals surface area contributed by atoms with E-state index in [1.165, 1.54) is 0 Å². The van der Waals surface area contributed by atoms with Gasteiger partial charge in [-0.2, -0.15) is 0 Å². The van der Waals surface area contributed by atoms with Crippen molar-refractivity contribution in [2.24, 2.45) is 5.92 Å². The minimum absolute atomic E-state index is 0.00435. The third-order valence-electron chi connectivity index (χ3n) is 4.02. The molecule has 5 heteroatoms. The molecule has 1 N–H and O–H groups in total. The zero-order valence-corrected chi connectivity index (χ0v) is 13.8. The number of anilines is 1. The van der Waals surface area contributed by atoms with E-state index in [0.717, 1.165) is 25.9 Å². The first-order valence-corrected chi connectivity index (χ1v) is 7.95. The fourth-order valence-electron chi connectivity index (χ4n) is 2.73. The number of hydrogen-bond donors (Lipinski definition) is 1. The molecule has 1 fully saturated rings. The first kappa shape index (κ1) is 17.2. The van der Waals surface area contributed by atoms with Gasteiger partial charge in [-0.1, -0.05) is 5.92 Å². The van der Waals surface area contributed by atoms with Gasteiger partial charge in [0, 0.05) is 12.0 Å². The summed E-state index contributed by atoms with van der Waals surface area (Å²) in [5, 5.41) is 2.98. The number of amides is 1. The fraction of sp³-hybridized carbons (Fsp3) is 0.500. The van der Waals surface area contributed by atoms with Gasteiger partial charge in [0.25, 0.3) is 0 Å². The molecular formula is C18H24N2O3. The number of hydrogen-bond acceptors (Lipinski definition) is 4. The van der Waals surface area contributed by atoms with E-state index in [9.17, 15) is 4.79 Å². The van der Waals surface area contributed by atoms with Crippen LogP contribution in [0.2, 0.25) is 0 Å². The fourth-order valence-corrected chi connectivity index (χ4v) is 2.73. The average Bonchev–Trinajstić information content (AvgIpc) is 2.57. The molecule has 0 spiro atoms. The molecule has 1 aliphatic rings. The van der Waals surface area contributed by atoms with Gasteiger partial charge >= 0.3 is 0 Å². The van der Waals surface area contributed by atoms with Crippen LogP contribution in [0, 0.1) is 18.3 Å². The SMILES string of the molecule is C#CCN1CCC(C(=O)Nc2cc(OC)ccc2OCC)CC1. The van der Waals surface area contributed by atoms with E-state index in [1.807, 2.05) is 19.1 Å². The van der Waals surface area contributed by atoms with E-state index >= 15 is 0 Å². The summed E-state index contributed by atoms with van der Waals surface area (Å²) >= 11 is 0. The second-order valence-electron chi connectivity index (χ2n) is 5.54. The molecule has 5 nitrogen and oxygen atoms in total. The van der Waals surface area contributed by atoms with Crippen LogP contribution in [0.15, 0.2) is 18.2 Å². The van der Waals surface area contributed by atoms with Crippen molar-refractivity contribution in [1.82, 2.24) is 4.90 Å². The number of nitrogens with zero attached hydrogens (tertiary/aromatic N) is 1. The number of methoxy groups -OCH3 is 1. The molecule has 0 aliphatic carbocycles. The first-order valence-electron chi connectivity index (χ1n) is 7.95. The van der Waals surface area contributed by atoms with E-state index in [0.29, 0.717) is 30.3 Å². The monoisotopic (exact) mass is 316 g/mol. The molecule has 0 atom stereocenters. The van der Waals surface area contributed by atoms with Crippen molar-refractivity contribution in [3.63, 3.8) is 0 Å². The molecule has 1 saturated heterocycles. The van der Waals surface area contributed by atoms with Crippen molar-refractivity contribution in [2.75, 3.05) is 38.7 Å². The molecule has 0 unspecified atom stereocenters. The van der Waals surface area contributed by atoms with Gasteiger partial charge < -0.3 is 14.8 Å². The number of rotatable bonds is 6. The lowest BCUT2D eigenvalue weighted by Gasteiger charge is -2.29. The summed E-state index contributed by atoms with van der Waals surface area (Å²) < 4.78 is 10.8. The largest absolute Gasteiger partial charge is 0.497 e. The van der Waals surface area contributed by atoms with Gasteiger partial charge in [-0.15, -0.1) is 6.42 Å². The van der Waals surface area contributed by atoms with E-state index in [2.05, 4.69) is 16.1 Å². The predicted octanol–water partition coefficient (Wildman–Crippen LogP) is 2.38. The molecule has 0 bridgehead atoms. The Kier molecular flexibility index (Phi) is 6.30. The van der Waals surface area contributed by atoms with Gasteiger partial charge in [-0.3, -0.25) is 9.69 Å². The maximum Gasteiger partial charge on any atom is 0.227 e. The topological polar surface area (TPSA) is 50.8 Å². The maximum atomic E-state index is 12.5. The maximum absolute atomic E-state index is 12.5. The Morgan fingerprint density at radius 2 is 2.17 bits per heavy atom. The van der Waals surface area contributed by atoms with Crippen molar-refractivity contribution >= 4 is 11.6 Å². The molecule has 0 aromatic heterocycles. The van der Waals surface area contributed by atoms with Crippen molar-refractivity contribution in [3.8, 4) is 23.8 Å². The first-order chi connectivity index (χ1) is 11.2. The number of nitrogens with one attached hydrogen (secondary N) is 1. The van der Waals surface area contributed by atoms with Crippen molar-refractivity contribution in [2.45, 2.75) is 19.8 Å². The number of carbonyl (C=O) groups is 1. The molecule has 0 saturated carbocycles. The van der Waals surface area contributed by atoms with Gasteiger partial charge in [-0.25, -0.2) is 0 Å². The van der Waals surface area contributed by atoms with E-state index in [-0.39, 0.29) is 11.8 Å². The molecule has 1 aromatic rings. The third kappa shape index (κ3) is 4.64. The number of piperidine rings is 1. The zero-order chi connectivity index (χ0) is 16.7. The Labute approximate surface area is 138 Å². The van der Waals surface area contributed by atoms with Gasteiger partial charge in [0.2, 0.25) is 5.91 Å². The van der Waals surface area contributed by atoms with Crippen molar-refractivity contribution in [3.05, 3.63) is 18.2 Å². The van der Waals surface area contributed by atoms with E-state index in [4.69, 9.17) is 15.9 Å². The zero-order valence-electron chi connectivity index (χ0n) is 13.8. The summed E-state index contributed by atoms with van der Waals surface area (Å²) in [5.74, 6) is 4.03. The minimum atomic E-state index is 0.00435. The van der Waals surface area contributed by atoms with Gasteiger partial charge in [0.1, 0.15) is 11.5 Å². The number of ether oxygens (including phenoxy) is 2. The lowest BCUT2D eigenvalue weighted by Crippen LogP contribution is -2.38. The number of terminal acetylenes is 1. The second kappa shape index (κ2) is 8.44. The molecule has 0 radical (unpaired) electrons. The number of likely N-dealkylation sites (tertiary alicyclic amines) is 1. The average molecular weight is 316 g/mol. The van der Waals surface area contributed by atoms with Crippen LogP contribution >= 0.6 is 0 Å². The van der Waals surface area contributed by atoms with Crippen LogP contribution in [0.25, 0.3) is 0 Å². The van der Waals surface area contributed by atoms with E-state index in [1.54, 1.807) is 13.2 Å². The van der Waals surface area contributed by atoms with Crippen LogP contribution in [0.1, 0.15) is 19.8 Å². The number of carbonyl (C=O) groups excluding carboxylic acids is 1. The lowest BCUT2D eigenvalue weighted by molar-refractivity contribution is -0.121. The standard InChI is InChI=1S/C18H24N2O3/c1-4-10-20-11-8-14(9-12-20)18(21)19-16-13-15(22-3)6-7-17(16)23-5-2/h1,6-7,13-14H,5,8-12H2,2-3H3,(H,19,21). The summed E-state index contributed by atoms with van der Waals surface area (Å²) in [5.41, 5.74) is 0.655. The highest BCUT2D eigenvalue weighted by molar-refractivity contribution is 5.94. The van der Waals surface area contributed by atoms with Crippen molar-refractivity contribution in [1.29, 1.82) is 0 Å². The van der Waals surface area contributed by atoms with Crippen molar-refractivity contribution < 1.29 is 14.3 Å². The summed E-state index contributed by atoms with van der Waals surface area (Å²) in [6.07, 6.45) is 6.97. The molecule has 1 aliphatic heterocycles.